The maximum absolute atomic E-state index is 13.4. The second-order valence-corrected chi connectivity index (χ2v) is 6.44. The molecule has 1 N–H and O–H groups in total. The molecule has 1 unspecified atom stereocenters. The number of rotatable bonds is 5. The van der Waals surface area contributed by atoms with Crippen molar-refractivity contribution in [2.45, 2.75) is 52.0 Å². The molecule has 1 aliphatic carbocycles. The molecule has 3 heteroatoms. The molecule has 0 bridgehead atoms. The van der Waals surface area contributed by atoms with Gasteiger partial charge in [0.25, 0.3) is 0 Å². The Bertz CT molecular complexity index is 427. The van der Waals surface area contributed by atoms with Crippen LogP contribution in [0.1, 0.15) is 57.6 Å². The summed E-state index contributed by atoms with van der Waals surface area (Å²) in [6, 6.07) is 5.78. The lowest BCUT2D eigenvalue weighted by Gasteiger charge is -2.38. The van der Waals surface area contributed by atoms with Gasteiger partial charge >= 0.3 is 0 Å². The number of benzene rings is 1. The lowest BCUT2D eigenvalue weighted by Crippen LogP contribution is -2.36. The van der Waals surface area contributed by atoms with Gasteiger partial charge in [0.15, 0.2) is 0 Å². The molecule has 1 aromatic rings. The van der Waals surface area contributed by atoms with E-state index in [0.717, 1.165) is 6.54 Å². The third-order valence-corrected chi connectivity index (χ3v) is 5.21. The smallest absolute Gasteiger partial charge is 0.137 e. The number of nitrogens with one attached hydrogen (secondary N) is 1. The monoisotopic (exact) mass is 327 g/mol. The van der Waals surface area contributed by atoms with Crippen LogP contribution in [0.4, 0.5) is 4.39 Å². The molecule has 19 heavy (non-hydrogen) atoms. The summed E-state index contributed by atoms with van der Waals surface area (Å²) < 4.78 is 14.0. The normalized spacial score (nSPS) is 19.6. The highest BCUT2D eigenvalue weighted by atomic mass is 79.9. The summed E-state index contributed by atoms with van der Waals surface area (Å²) in [5.74, 6) is -0.184. The molecular weight excluding hydrogens is 305 g/mol. The van der Waals surface area contributed by atoms with Crippen molar-refractivity contribution < 1.29 is 4.39 Å². The van der Waals surface area contributed by atoms with Gasteiger partial charge in [0.2, 0.25) is 0 Å². The van der Waals surface area contributed by atoms with E-state index in [-0.39, 0.29) is 5.82 Å². The summed E-state index contributed by atoms with van der Waals surface area (Å²) in [5.41, 5.74) is 1.55. The van der Waals surface area contributed by atoms with E-state index in [4.69, 9.17) is 0 Å². The molecule has 2 rings (SSSR count). The summed E-state index contributed by atoms with van der Waals surface area (Å²) in [5, 5.41) is 3.64. The largest absolute Gasteiger partial charge is 0.310 e. The topological polar surface area (TPSA) is 12.0 Å². The Kier molecular flexibility index (Phi) is 5.02. The van der Waals surface area contributed by atoms with E-state index in [0.29, 0.717) is 15.9 Å². The van der Waals surface area contributed by atoms with Gasteiger partial charge in [0.1, 0.15) is 5.82 Å². The van der Waals surface area contributed by atoms with Crippen LogP contribution in [0.25, 0.3) is 0 Å². The first kappa shape index (κ1) is 15.0. The number of hydrogen-bond acceptors (Lipinski definition) is 1. The zero-order chi connectivity index (χ0) is 13.9. The molecule has 0 heterocycles. The van der Waals surface area contributed by atoms with E-state index in [1.54, 1.807) is 6.07 Å². The fourth-order valence-corrected chi connectivity index (χ4v) is 3.91. The third-order valence-electron chi connectivity index (χ3n) is 4.60. The quantitative estimate of drug-likeness (QED) is 0.782. The van der Waals surface area contributed by atoms with Gasteiger partial charge in [-0.15, -0.1) is 0 Å². The zero-order valence-corrected chi connectivity index (χ0v) is 13.4. The lowest BCUT2D eigenvalue weighted by atomic mass is 9.73. The SMILES string of the molecule is CCNC(c1ccc(F)c(Br)c1)C1(CC)CCCC1. The van der Waals surface area contributed by atoms with E-state index in [9.17, 15) is 4.39 Å². The molecule has 1 aliphatic rings. The molecular formula is C16H23BrFN. The van der Waals surface area contributed by atoms with Crippen LogP contribution in [-0.4, -0.2) is 6.54 Å². The van der Waals surface area contributed by atoms with Crippen molar-refractivity contribution in [3.63, 3.8) is 0 Å². The predicted molar refractivity (Wildman–Crippen MR) is 81.7 cm³/mol. The Morgan fingerprint density at radius 3 is 2.53 bits per heavy atom. The van der Waals surface area contributed by atoms with Gasteiger partial charge in [-0.1, -0.05) is 32.8 Å². The lowest BCUT2D eigenvalue weighted by molar-refractivity contribution is 0.189. The van der Waals surface area contributed by atoms with Crippen LogP contribution < -0.4 is 5.32 Å². The molecule has 1 atom stereocenters. The second-order valence-electron chi connectivity index (χ2n) is 5.59. The summed E-state index contributed by atoms with van der Waals surface area (Å²) in [6.07, 6.45) is 6.36. The van der Waals surface area contributed by atoms with E-state index < -0.39 is 0 Å². The minimum absolute atomic E-state index is 0.184. The minimum atomic E-state index is -0.184. The number of hydrogen-bond donors (Lipinski definition) is 1. The van der Waals surface area contributed by atoms with Crippen molar-refractivity contribution >= 4 is 15.9 Å². The molecule has 0 saturated heterocycles. The van der Waals surface area contributed by atoms with E-state index in [1.807, 2.05) is 12.1 Å². The number of halogens is 2. The highest BCUT2D eigenvalue weighted by Gasteiger charge is 2.40. The highest BCUT2D eigenvalue weighted by Crippen LogP contribution is 2.50. The van der Waals surface area contributed by atoms with E-state index in [1.165, 1.54) is 37.7 Å². The fourth-order valence-electron chi connectivity index (χ4n) is 3.51. The maximum atomic E-state index is 13.4. The van der Waals surface area contributed by atoms with Crippen LogP contribution >= 0.6 is 15.9 Å². The van der Waals surface area contributed by atoms with Crippen molar-refractivity contribution in [2.24, 2.45) is 5.41 Å². The average molecular weight is 328 g/mol. The molecule has 0 amide bonds. The van der Waals surface area contributed by atoms with Gasteiger partial charge in [-0.05, 0) is 64.8 Å². The van der Waals surface area contributed by atoms with E-state index >= 15 is 0 Å². The summed E-state index contributed by atoms with van der Waals surface area (Å²) in [7, 11) is 0. The first-order valence-corrected chi connectivity index (χ1v) is 8.10. The molecule has 0 spiro atoms. The summed E-state index contributed by atoms with van der Waals surface area (Å²) >= 11 is 3.31. The first-order chi connectivity index (χ1) is 9.13. The molecule has 0 aromatic heterocycles. The molecule has 1 nitrogen and oxygen atoms in total. The van der Waals surface area contributed by atoms with Crippen LogP contribution in [-0.2, 0) is 0 Å². The predicted octanol–water partition coefficient (Wildman–Crippen LogP) is 5.21. The summed E-state index contributed by atoms with van der Waals surface area (Å²) in [4.78, 5) is 0. The molecule has 1 aromatic carbocycles. The second kappa shape index (κ2) is 6.36. The molecule has 0 radical (unpaired) electrons. The van der Waals surface area contributed by atoms with Crippen molar-refractivity contribution in [2.75, 3.05) is 6.54 Å². The average Bonchev–Trinajstić information content (AvgIpc) is 2.89. The Hall–Kier alpha value is -0.410. The Morgan fingerprint density at radius 1 is 1.32 bits per heavy atom. The summed E-state index contributed by atoms with van der Waals surface area (Å²) in [6.45, 7) is 5.37. The van der Waals surface area contributed by atoms with Crippen molar-refractivity contribution in [3.8, 4) is 0 Å². The van der Waals surface area contributed by atoms with E-state index in [2.05, 4.69) is 35.1 Å². The standard InChI is InChI=1S/C16H23BrFN/c1-3-16(9-5-6-10-16)15(19-4-2)12-7-8-14(18)13(17)11-12/h7-8,11,15,19H,3-6,9-10H2,1-2H3. The van der Waals surface area contributed by atoms with Crippen LogP contribution in [0.5, 0.6) is 0 Å². The van der Waals surface area contributed by atoms with Crippen LogP contribution in [0.15, 0.2) is 22.7 Å². The fraction of sp³-hybridized carbons (Fsp3) is 0.625. The van der Waals surface area contributed by atoms with Gasteiger partial charge < -0.3 is 5.32 Å². The van der Waals surface area contributed by atoms with Gasteiger partial charge in [-0.3, -0.25) is 0 Å². The van der Waals surface area contributed by atoms with Gasteiger partial charge in [-0.2, -0.15) is 0 Å². The molecule has 0 aliphatic heterocycles. The Morgan fingerprint density at radius 2 is 2.00 bits per heavy atom. The maximum Gasteiger partial charge on any atom is 0.137 e. The van der Waals surface area contributed by atoms with Crippen molar-refractivity contribution in [3.05, 3.63) is 34.1 Å². The van der Waals surface area contributed by atoms with Crippen LogP contribution in [0, 0.1) is 11.2 Å². The van der Waals surface area contributed by atoms with Crippen molar-refractivity contribution in [1.29, 1.82) is 0 Å². The Labute approximate surface area is 124 Å². The van der Waals surface area contributed by atoms with Crippen LogP contribution in [0.2, 0.25) is 0 Å². The van der Waals surface area contributed by atoms with Gasteiger partial charge in [0, 0.05) is 6.04 Å². The molecule has 106 valence electrons. The van der Waals surface area contributed by atoms with Gasteiger partial charge in [0.05, 0.1) is 4.47 Å². The zero-order valence-electron chi connectivity index (χ0n) is 11.8. The van der Waals surface area contributed by atoms with Crippen LogP contribution in [0.3, 0.4) is 0 Å². The highest BCUT2D eigenvalue weighted by molar-refractivity contribution is 9.10. The third kappa shape index (κ3) is 3.03. The first-order valence-electron chi connectivity index (χ1n) is 7.31. The Balaban J connectivity index is 2.35. The molecule has 1 fully saturated rings. The van der Waals surface area contributed by atoms with Crippen molar-refractivity contribution in [1.82, 2.24) is 5.32 Å². The minimum Gasteiger partial charge on any atom is -0.310 e. The van der Waals surface area contributed by atoms with Gasteiger partial charge in [-0.25, -0.2) is 4.39 Å². The molecule has 1 saturated carbocycles.